The van der Waals surface area contributed by atoms with Gasteiger partial charge in [-0.2, -0.15) is 0 Å². The van der Waals surface area contributed by atoms with Crippen LogP contribution in [0, 0.1) is 0 Å². The Kier molecular flexibility index (Phi) is 8.77. The highest BCUT2D eigenvalue weighted by molar-refractivity contribution is 7.99. The number of hydrogen-bond donors (Lipinski definition) is 2. The SMILES string of the molecule is O=C(COC(=O)CSCc1cccc(Cl)c1)NC(=O)NC1CCCCC1. The molecule has 0 aromatic heterocycles. The fourth-order valence-electron chi connectivity index (χ4n) is 2.70. The number of imide groups is 1. The third kappa shape index (κ3) is 8.10. The summed E-state index contributed by atoms with van der Waals surface area (Å²) in [4.78, 5) is 35.0. The number of carbonyl (C=O) groups is 3. The number of amides is 3. The molecule has 0 saturated heterocycles. The summed E-state index contributed by atoms with van der Waals surface area (Å²) >= 11 is 7.26. The molecule has 1 aliphatic rings. The quantitative estimate of drug-likeness (QED) is 0.688. The van der Waals surface area contributed by atoms with Crippen molar-refractivity contribution in [3.63, 3.8) is 0 Å². The van der Waals surface area contributed by atoms with E-state index in [4.69, 9.17) is 16.3 Å². The van der Waals surface area contributed by atoms with Crippen molar-refractivity contribution in [2.24, 2.45) is 0 Å². The highest BCUT2D eigenvalue weighted by Crippen LogP contribution is 2.17. The molecule has 1 aliphatic carbocycles. The van der Waals surface area contributed by atoms with Gasteiger partial charge in [-0.3, -0.25) is 14.9 Å². The second-order valence-corrected chi connectivity index (χ2v) is 7.56. The Labute approximate surface area is 162 Å². The lowest BCUT2D eigenvalue weighted by Gasteiger charge is -2.22. The number of ether oxygens (including phenoxy) is 1. The smallest absolute Gasteiger partial charge is 0.321 e. The zero-order valence-corrected chi connectivity index (χ0v) is 16.0. The molecule has 0 atom stereocenters. The predicted molar refractivity (Wildman–Crippen MR) is 102 cm³/mol. The van der Waals surface area contributed by atoms with Crippen molar-refractivity contribution in [1.29, 1.82) is 0 Å². The summed E-state index contributed by atoms with van der Waals surface area (Å²) in [6.07, 6.45) is 5.22. The monoisotopic (exact) mass is 398 g/mol. The number of benzene rings is 1. The van der Waals surface area contributed by atoms with E-state index in [1.165, 1.54) is 18.2 Å². The van der Waals surface area contributed by atoms with Crippen LogP contribution in [0.4, 0.5) is 4.79 Å². The van der Waals surface area contributed by atoms with Gasteiger partial charge < -0.3 is 10.1 Å². The van der Waals surface area contributed by atoms with E-state index in [0.29, 0.717) is 10.8 Å². The second kappa shape index (κ2) is 11.1. The highest BCUT2D eigenvalue weighted by Gasteiger charge is 2.17. The van der Waals surface area contributed by atoms with E-state index in [0.717, 1.165) is 31.2 Å². The summed E-state index contributed by atoms with van der Waals surface area (Å²) in [6, 6.07) is 6.96. The molecule has 0 spiro atoms. The molecule has 0 heterocycles. The number of carbonyl (C=O) groups excluding carboxylic acids is 3. The first-order chi connectivity index (χ1) is 12.5. The van der Waals surface area contributed by atoms with E-state index in [1.807, 2.05) is 18.2 Å². The van der Waals surface area contributed by atoms with Gasteiger partial charge in [-0.25, -0.2) is 4.79 Å². The number of hydrogen-bond acceptors (Lipinski definition) is 5. The van der Waals surface area contributed by atoms with Crippen LogP contribution in [0.3, 0.4) is 0 Å². The first-order valence-corrected chi connectivity index (χ1v) is 10.1. The van der Waals surface area contributed by atoms with Crippen molar-refractivity contribution in [3.8, 4) is 0 Å². The lowest BCUT2D eigenvalue weighted by Crippen LogP contribution is -2.46. The molecule has 1 aromatic carbocycles. The number of thioether (sulfide) groups is 1. The first kappa shape index (κ1) is 20.6. The Hall–Kier alpha value is -1.73. The molecule has 0 radical (unpaired) electrons. The third-order valence-electron chi connectivity index (χ3n) is 3.94. The van der Waals surface area contributed by atoms with Gasteiger partial charge in [0.15, 0.2) is 6.61 Å². The van der Waals surface area contributed by atoms with Crippen LogP contribution in [-0.4, -0.2) is 36.3 Å². The molecule has 8 heteroatoms. The lowest BCUT2D eigenvalue weighted by molar-refractivity contribution is -0.145. The highest BCUT2D eigenvalue weighted by atomic mass is 35.5. The van der Waals surface area contributed by atoms with Crippen LogP contribution in [0.5, 0.6) is 0 Å². The molecule has 0 unspecified atom stereocenters. The molecular weight excluding hydrogens is 376 g/mol. The van der Waals surface area contributed by atoms with Crippen LogP contribution >= 0.6 is 23.4 Å². The van der Waals surface area contributed by atoms with Crippen LogP contribution in [0.15, 0.2) is 24.3 Å². The first-order valence-electron chi connectivity index (χ1n) is 8.61. The molecular formula is C18H23ClN2O4S. The number of urea groups is 1. The van der Waals surface area contributed by atoms with E-state index in [9.17, 15) is 14.4 Å². The van der Waals surface area contributed by atoms with E-state index in [-0.39, 0.29) is 11.8 Å². The van der Waals surface area contributed by atoms with Crippen LogP contribution in [0.2, 0.25) is 5.02 Å². The second-order valence-electron chi connectivity index (χ2n) is 6.14. The molecule has 2 rings (SSSR count). The Balaban J connectivity index is 1.57. The Morgan fingerprint density at radius 1 is 1.19 bits per heavy atom. The standard InChI is InChI=1S/C18H23ClN2O4S/c19-14-6-4-5-13(9-14)11-26-12-17(23)25-10-16(22)21-18(24)20-15-7-2-1-3-8-15/h4-6,9,15H,1-3,7-8,10-12H2,(H2,20,21,22,24). The minimum atomic E-state index is -0.633. The van der Waals surface area contributed by atoms with Gasteiger partial charge in [0.25, 0.3) is 5.91 Å². The number of rotatable bonds is 7. The van der Waals surface area contributed by atoms with Gasteiger partial charge in [0.05, 0.1) is 5.75 Å². The Morgan fingerprint density at radius 2 is 1.96 bits per heavy atom. The Bertz CT molecular complexity index is 635. The van der Waals surface area contributed by atoms with Crippen molar-refractivity contribution >= 4 is 41.3 Å². The van der Waals surface area contributed by atoms with Gasteiger partial charge in [-0.1, -0.05) is 43.0 Å². The van der Waals surface area contributed by atoms with E-state index < -0.39 is 24.5 Å². The average molecular weight is 399 g/mol. The average Bonchev–Trinajstić information content (AvgIpc) is 2.61. The van der Waals surface area contributed by atoms with Gasteiger partial charge in [0.2, 0.25) is 0 Å². The van der Waals surface area contributed by atoms with Crippen LogP contribution in [0.25, 0.3) is 0 Å². The molecule has 1 aromatic rings. The maximum Gasteiger partial charge on any atom is 0.321 e. The molecule has 26 heavy (non-hydrogen) atoms. The summed E-state index contributed by atoms with van der Waals surface area (Å²) in [5, 5.41) is 5.60. The predicted octanol–water partition coefficient (Wildman–Crippen LogP) is 3.27. The molecule has 0 aliphatic heterocycles. The summed E-state index contributed by atoms with van der Waals surface area (Å²) in [6.45, 7) is -0.464. The van der Waals surface area contributed by atoms with Gasteiger partial charge in [-0.15, -0.1) is 11.8 Å². The maximum atomic E-state index is 11.7. The summed E-state index contributed by atoms with van der Waals surface area (Å²) in [5.74, 6) is -0.397. The molecule has 1 saturated carbocycles. The van der Waals surface area contributed by atoms with E-state index >= 15 is 0 Å². The van der Waals surface area contributed by atoms with Gasteiger partial charge in [0.1, 0.15) is 0 Å². The summed E-state index contributed by atoms with van der Waals surface area (Å²) in [5.41, 5.74) is 1.01. The molecule has 142 valence electrons. The van der Waals surface area contributed by atoms with E-state index in [2.05, 4.69) is 10.6 Å². The minimum Gasteiger partial charge on any atom is -0.455 e. The third-order valence-corrected chi connectivity index (χ3v) is 5.15. The van der Waals surface area contributed by atoms with Gasteiger partial charge >= 0.3 is 12.0 Å². The largest absolute Gasteiger partial charge is 0.455 e. The summed E-state index contributed by atoms with van der Waals surface area (Å²) < 4.78 is 4.88. The Morgan fingerprint density at radius 3 is 2.69 bits per heavy atom. The number of esters is 1. The fourth-order valence-corrected chi connectivity index (χ4v) is 3.68. The molecule has 3 amide bonds. The zero-order valence-electron chi connectivity index (χ0n) is 14.5. The summed E-state index contributed by atoms with van der Waals surface area (Å²) in [7, 11) is 0. The van der Waals surface area contributed by atoms with Crippen LogP contribution < -0.4 is 10.6 Å². The molecule has 2 N–H and O–H groups in total. The minimum absolute atomic E-state index is 0.113. The van der Waals surface area contributed by atoms with Crippen LogP contribution in [-0.2, 0) is 20.1 Å². The number of halogens is 1. The van der Waals surface area contributed by atoms with Gasteiger partial charge in [0, 0.05) is 16.8 Å². The van der Waals surface area contributed by atoms with E-state index in [1.54, 1.807) is 6.07 Å². The van der Waals surface area contributed by atoms with Gasteiger partial charge in [-0.05, 0) is 30.5 Å². The zero-order chi connectivity index (χ0) is 18.8. The molecule has 6 nitrogen and oxygen atoms in total. The van der Waals surface area contributed by atoms with Crippen molar-refractivity contribution in [1.82, 2.24) is 10.6 Å². The van der Waals surface area contributed by atoms with Crippen LogP contribution in [0.1, 0.15) is 37.7 Å². The van der Waals surface area contributed by atoms with Crippen molar-refractivity contribution < 1.29 is 19.1 Å². The maximum absolute atomic E-state index is 11.7. The normalized spacial score (nSPS) is 14.5. The molecule has 1 fully saturated rings. The lowest BCUT2D eigenvalue weighted by atomic mass is 9.96. The topological polar surface area (TPSA) is 84.5 Å². The van der Waals surface area contributed by atoms with Crippen molar-refractivity contribution in [3.05, 3.63) is 34.9 Å². The fraction of sp³-hybridized carbons (Fsp3) is 0.500. The molecule has 0 bridgehead atoms. The van der Waals surface area contributed by atoms with Crippen molar-refractivity contribution in [2.75, 3.05) is 12.4 Å². The van der Waals surface area contributed by atoms with Crippen molar-refractivity contribution in [2.45, 2.75) is 43.9 Å². The number of nitrogens with one attached hydrogen (secondary N) is 2.